The molecule has 0 unspecified atom stereocenters. The number of hydrogen-bond donors (Lipinski definition) is 4. The van der Waals surface area contributed by atoms with Crippen LogP contribution in [0, 0.1) is 4.91 Å². The lowest BCUT2D eigenvalue weighted by Gasteiger charge is -2.22. The maximum atomic E-state index is 12.6. The van der Waals surface area contributed by atoms with Crippen LogP contribution in [0.5, 0.6) is 0 Å². The highest BCUT2D eigenvalue weighted by molar-refractivity contribution is 6.11. The summed E-state index contributed by atoms with van der Waals surface area (Å²) in [4.78, 5) is 28.8. The van der Waals surface area contributed by atoms with Crippen LogP contribution in [0.2, 0.25) is 0 Å². The van der Waals surface area contributed by atoms with Crippen LogP contribution in [-0.2, 0) is 0 Å². The molecule has 0 aromatic heterocycles. The molecule has 218 valence electrons. The minimum Gasteiger partial charge on any atom is -0.400 e. The van der Waals surface area contributed by atoms with Crippen molar-refractivity contribution >= 4 is 34.5 Å². The van der Waals surface area contributed by atoms with Crippen LogP contribution in [-0.4, -0.2) is 18.8 Å². The molecule has 1 amide bonds. The van der Waals surface area contributed by atoms with Crippen molar-refractivity contribution in [2.45, 2.75) is 47.5 Å². The number of unbranched alkanes of at least 4 members (excludes halogenated alkanes) is 1. The van der Waals surface area contributed by atoms with Crippen LogP contribution >= 0.6 is 0 Å². The van der Waals surface area contributed by atoms with Gasteiger partial charge in [0.2, 0.25) is 0 Å². The maximum absolute atomic E-state index is 12.6. The van der Waals surface area contributed by atoms with E-state index in [9.17, 15) is 9.70 Å². The zero-order valence-electron chi connectivity index (χ0n) is 24.9. The molecule has 41 heavy (non-hydrogen) atoms. The number of benzene rings is 3. The normalized spacial score (nSPS) is 10.8. The zero-order valence-corrected chi connectivity index (χ0v) is 24.9. The van der Waals surface area contributed by atoms with Crippen LogP contribution in [0.25, 0.3) is 0 Å². The number of hydrogen-bond acceptors (Lipinski definition) is 6. The first-order valence-electron chi connectivity index (χ1n) is 13.7. The van der Waals surface area contributed by atoms with Gasteiger partial charge in [-0.25, -0.2) is 4.99 Å². The minimum atomic E-state index is -0.279. The fraction of sp³-hybridized carbons (Fsp3) is 0.250. The highest BCUT2D eigenvalue weighted by Crippen LogP contribution is 2.25. The van der Waals surface area contributed by atoms with E-state index in [1.54, 1.807) is 43.3 Å². The lowest BCUT2D eigenvalue weighted by molar-refractivity contribution is 0.102. The number of allylic oxidation sites excluding steroid dienone is 1. The Hall–Kier alpha value is -4.92. The summed E-state index contributed by atoms with van der Waals surface area (Å²) < 4.78 is 0. The highest BCUT2D eigenvalue weighted by Gasteiger charge is 2.22. The number of amidine groups is 1. The number of aliphatic imine (C=N–C) groups is 1. The van der Waals surface area contributed by atoms with Gasteiger partial charge in [-0.1, -0.05) is 71.4 Å². The van der Waals surface area contributed by atoms with Crippen LogP contribution in [0.3, 0.4) is 0 Å². The predicted octanol–water partition coefficient (Wildman–Crippen LogP) is 8.15. The Kier molecular flexibility index (Phi) is 16.0. The van der Waals surface area contributed by atoms with E-state index in [1.807, 2.05) is 63.4 Å². The molecule has 3 aromatic carbocycles. The van der Waals surface area contributed by atoms with Crippen LogP contribution < -0.4 is 26.7 Å². The molecule has 5 N–H and O–H groups in total. The van der Waals surface area contributed by atoms with E-state index in [4.69, 9.17) is 5.73 Å². The molecule has 0 bridgehead atoms. The Balaban J connectivity index is 0.00000129. The topological polar surface area (TPSA) is 124 Å². The van der Waals surface area contributed by atoms with E-state index >= 15 is 0 Å². The summed E-state index contributed by atoms with van der Waals surface area (Å²) in [6.07, 6.45) is 3.98. The smallest absolute Gasteiger partial charge is 0.255 e. The van der Waals surface area contributed by atoms with Crippen molar-refractivity contribution < 1.29 is 4.79 Å². The third-order valence-electron chi connectivity index (χ3n) is 5.43. The molecule has 9 heteroatoms. The number of amides is 1. The monoisotopic (exact) mass is 557 g/mol. The molecule has 0 saturated carbocycles. The molecule has 0 fully saturated rings. The lowest BCUT2D eigenvalue weighted by atomic mass is 10.1. The SMILES string of the molecule is C=CN=C(Nc1cccc(NC)c1)/C(=C(\C)N)N(N=O)c1ccc(C(=O)Nc2ccccc2)cc1.CC.CCCC. The van der Waals surface area contributed by atoms with Gasteiger partial charge < -0.3 is 21.7 Å². The number of carbonyl (C=O) groups is 1. The molecular formula is C32H43N7O2. The first-order valence-corrected chi connectivity index (χ1v) is 13.7. The first-order chi connectivity index (χ1) is 19.9. The van der Waals surface area contributed by atoms with Crippen molar-refractivity contribution in [3.05, 3.63) is 114 Å². The molecule has 0 heterocycles. The van der Waals surface area contributed by atoms with Crippen molar-refractivity contribution in [1.29, 1.82) is 0 Å². The van der Waals surface area contributed by atoms with Crippen molar-refractivity contribution in [2.24, 2.45) is 16.0 Å². The average molecular weight is 558 g/mol. The Morgan fingerprint density at radius 2 is 1.49 bits per heavy atom. The molecule has 0 saturated heterocycles. The molecule has 0 aliphatic heterocycles. The van der Waals surface area contributed by atoms with Gasteiger partial charge in [0.15, 0.2) is 5.84 Å². The maximum Gasteiger partial charge on any atom is 0.255 e. The summed E-state index contributed by atoms with van der Waals surface area (Å²) in [5.41, 5.74) is 9.81. The quantitative estimate of drug-likeness (QED) is 0.0863. The number of nitrogens with one attached hydrogen (secondary N) is 3. The third-order valence-corrected chi connectivity index (χ3v) is 5.43. The second kappa shape index (κ2) is 19.2. The van der Waals surface area contributed by atoms with E-state index in [0.29, 0.717) is 22.6 Å². The van der Waals surface area contributed by atoms with Gasteiger partial charge in [-0.15, -0.1) is 4.91 Å². The fourth-order valence-corrected chi connectivity index (χ4v) is 3.28. The van der Waals surface area contributed by atoms with Gasteiger partial charge in [-0.2, -0.15) is 5.01 Å². The number of anilines is 4. The second-order valence-corrected chi connectivity index (χ2v) is 8.41. The van der Waals surface area contributed by atoms with E-state index in [0.717, 1.165) is 16.4 Å². The number of carbonyl (C=O) groups excluding carboxylic acids is 1. The number of nitroso groups, excluding NO2 is 1. The van der Waals surface area contributed by atoms with Gasteiger partial charge in [0.05, 0.1) is 11.0 Å². The molecule has 3 rings (SSSR count). The molecule has 0 aliphatic carbocycles. The van der Waals surface area contributed by atoms with Gasteiger partial charge >= 0.3 is 0 Å². The first kappa shape index (κ1) is 34.1. The van der Waals surface area contributed by atoms with Crippen molar-refractivity contribution in [2.75, 3.05) is 28.0 Å². The second-order valence-electron chi connectivity index (χ2n) is 8.41. The number of rotatable bonds is 10. The lowest BCUT2D eigenvalue weighted by Crippen LogP contribution is -2.30. The fourth-order valence-electron chi connectivity index (χ4n) is 3.28. The standard InChI is InChI=1S/C26H27N7O2.C4H10.C2H6/c1-4-29-25(30-22-12-8-11-21(17-22)28-3)24(18(2)27)33(32-35)23-15-13-19(14-16-23)26(34)31-20-9-6-5-7-10-20;1-3-4-2;1-2/h4-17,28H,1,27H2,2-3H3,(H,29,30)(H,31,34);3-4H2,1-2H3;1-2H3/b24-18-;;. The predicted molar refractivity (Wildman–Crippen MR) is 175 cm³/mol. The van der Waals surface area contributed by atoms with Gasteiger partial charge in [0.25, 0.3) is 5.91 Å². The van der Waals surface area contributed by atoms with E-state index < -0.39 is 0 Å². The summed E-state index contributed by atoms with van der Waals surface area (Å²) in [5.74, 6) is -0.00197. The number of nitrogens with two attached hydrogens (primary N) is 1. The summed E-state index contributed by atoms with van der Waals surface area (Å²) in [6.45, 7) is 13.7. The van der Waals surface area contributed by atoms with Crippen molar-refractivity contribution in [1.82, 2.24) is 0 Å². The largest absolute Gasteiger partial charge is 0.400 e. The van der Waals surface area contributed by atoms with E-state index in [2.05, 4.69) is 46.7 Å². The molecule has 9 nitrogen and oxygen atoms in total. The molecule has 0 spiro atoms. The summed E-state index contributed by atoms with van der Waals surface area (Å²) >= 11 is 0. The molecular weight excluding hydrogens is 514 g/mol. The zero-order chi connectivity index (χ0) is 30.6. The van der Waals surface area contributed by atoms with Crippen LogP contribution in [0.15, 0.2) is 113 Å². The molecule has 3 aromatic rings. The Bertz CT molecular complexity index is 1280. The Morgan fingerprint density at radius 1 is 0.902 bits per heavy atom. The van der Waals surface area contributed by atoms with Crippen molar-refractivity contribution in [3.63, 3.8) is 0 Å². The minimum absolute atomic E-state index is 0.247. The third kappa shape index (κ3) is 11.0. The number of para-hydroxylation sites is 1. The van der Waals surface area contributed by atoms with Crippen LogP contribution in [0.4, 0.5) is 22.7 Å². The van der Waals surface area contributed by atoms with Gasteiger partial charge in [0.1, 0.15) is 5.70 Å². The van der Waals surface area contributed by atoms with Crippen LogP contribution in [0.1, 0.15) is 57.8 Å². The Morgan fingerprint density at radius 3 is 2.00 bits per heavy atom. The molecule has 0 radical (unpaired) electrons. The average Bonchev–Trinajstić information content (AvgIpc) is 3.01. The summed E-state index contributed by atoms with van der Waals surface area (Å²) in [5, 5.41) is 13.4. The highest BCUT2D eigenvalue weighted by atomic mass is 16.3. The van der Waals surface area contributed by atoms with Crippen molar-refractivity contribution in [3.8, 4) is 0 Å². The van der Waals surface area contributed by atoms with Gasteiger partial charge in [-0.3, -0.25) is 4.79 Å². The summed E-state index contributed by atoms with van der Waals surface area (Å²) in [7, 11) is 1.81. The summed E-state index contributed by atoms with van der Waals surface area (Å²) in [6, 6.07) is 23.1. The van der Waals surface area contributed by atoms with E-state index in [-0.39, 0.29) is 17.4 Å². The molecule has 0 aliphatic rings. The molecule has 0 atom stereocenters. The Labute approximate surface area is 244 Å². The number of nitrogens with zero attached hydrogens (tertiary/aromatic N) is 3. The van der Waals surface area contributed by atoms with E-state index in [1.165, 1.54) is 19.0 Å². The van der Waals surface area contributed by atoms with Gasteiger partial charge in [0, 0.05) is 41.6 Å². The van der Waals surface area contributed by atoms with Gasteiger partial charge in [-0.05, 0) is 61.5 Å².